The highest BCUT2D eigenvalue weighted by Crippen LogP contribution is 2.35. The molecule has 9 nitrogen and oxygen atoms in total. The van der Waals surface area contributed by atoms with Crippen LogP contribution in [0.15, 0.2) is 91.4 Å². The number of likely N-dealkylation sites (tertiary alicyclic amines) is 1. The van der Waals surface area contributed by atoms with Gasteiger partial charge in [0.25, 0.3) is 0 Å². The maximum absolute atomic E-state index is 12.4. The minimum Gasteiger partial charge on any atom is -0.374 e. The second-order valence-electron chi connectivity index (χ2n) is 9.68. The Balaban J connectivity index is 1.13. The second-order valence-corrected chi connectivity index (χ2v) is 10.7. The SMILES string of the molecule is Nc1nnc(-c2cnc(-c3ccc(CN4CCC(NC(=O)Nc5ccncc5)C4)cc3)c(-c3ccccc3)c2)s1. The number of amides is 2. The molecular weight excluding hydrogens is 520 g/mol. The molecule has 0 bridgehead atoms. The van der Waals surface area contributed by atoms with Crippen molar-refractivity contribution >= 4 is 28.2 Å². The molecule has 1 atom stereocenters. The number of hydrogen-bond donors (Lipinski definition) is 3. The molecule has 4 heterocycles. The highest BCUT2D eigenvalue weighted by Gasteiger charge is 2.24. The largest absolute Gasteiger partial charge is 0.374 e. The Labute approximate surface area is 236 Å². The molecule has 5 aromatic rings. The van der Waals surface area contributed by atoms with E-state index >= 15 is 0 Å². The molecule has 1 aliphatic heterocycles. The van der Waals surface area contributed by atoms with E-state index in [4.69, 9.17) is 10.7 Å². The van der Waals surface area contributed by atoms with Gasteiger partial charge in [-0.15, -0.1) is 10.2 Å². The Morgan fingerprint density at radius 1 is 0.975 bits per heavy atom. The molecule has 40 heavy (non-hydrogen) atoms. The summed E-state index contributed by atoms with van der Waals surface area (Å²) < 4.78 is 0. The summed E-state index contributed by atoms with van der Waals surface area (Å²) in [5.41, 5.74) is 12.7. The topological polar surface area (TPSA) is 122 Å². The van der Waals surface area contributed by atoms with Gasteiger partial charge in [0, 0.05) is 66.6 Å². The van der Waals surface area contributed by atoms with Crippen LogP contribution in [0.1, 0.15) is 12.0 Å². The van der Waals surface area contributed by atoms with Gasteiger partial charge < -0.3 is 16.4 Å². The van der Waals surface area contributed by atoms with E-state index in [0.717, 1.165) is 64.7 Å². The van der Waals surface area contributed by atoms with E-state index in [1.807, 2.05) is 24.4 Å². The molecular formula is C30H28N8OS. The lowest BCUT2D eigenvalue weighted by molar-refractivity contribution is 0.247. The van der Waals surface area contributed by atoms with Crippen LogP contribution in [0, 0.1) is 0 Å². The number of carbonyl (C=O) groups excluding carboxylic acids is 1. The number of carbonyl (C=O) groups is 1. The van der Waals surface area contributed by atoms with Gasteiger partial charge >= 0.3 is 6.03 Å². The van der Waals surface area contributed by atoms with Gasteiger partial charge in [0.2, 0.25) is 5.13 Å². The minimum atomic E-state index is -0.190. The number of hydrogen-bond acceptors (Lipinski definition) is 8. The fourth-order valence-corrected chi connectivity index (χ4v) is 5.50. The summed E-state index contributed by atoms with van der Waals surface area (Å²) in [6, 6.07) is 24.4. The third-order valence-corrected chi connectivity index (χ3v) is 7.64. The quantitative estimate of drug-likeness (QED) is 0.252. The van der Waals surface area contributed by atoms with Crippen LogP contribution in [-0.2, 0) is 6.54 Å². The molecule has 0 aliphatic carbocycles. The first-order chi connectivity index (χ1) is 19.6. The van der Waals surface area contributed by atoms with E-state index in [-0.39, 0.29) is 12.1 Å². The molecule has 4 N–H and O–H groups in total. The molecule has 200 valence electrons. The number of nitrogen functional groups attached to an aromatic ring is 1. The smallest absolute Gasteiger partial charge is 0.319 e. The number of urea groups is 1. The van der Waals surface area contributed by atoms with E-state index in [2.05, 4.69) is 73.2 Å². The van der Waals surface area contributed by atoms with Crippen molar-refractivity contribution in [2.24, 2.45) is 0 Å². The number of nitrogens with two attached hydrogens (primary N) is 1. The summed E-state index contributed by atoms with van der Waals surface area (Å²) in [5.74, 6) is 0. The molecule has 1 unspecified atom stereocenters. The molecule has 1 saturated heterocycles. The summed E-state index contributed by atoms with van der Waals surface area (Å²) in [6.07, 6.45) is 6.06. The van der Waals surface area contributed by atoms with Gasteiger partial charge in [0.1, 0.15) is 0 Å². The zero-order chi connectivity index (χ0) is 27.3. The number of anilines is 2. The Morgan fingerprint density at radius 3 is 2.52 bits per heavy atom. The number of benzene rings is 2. The van der Waals surface area contributed by atoms with Crippen LogP contribution >= 0.6 is 11.3 Å². The van der Waals surface area contributed by atoms with Gasteiger partial charge in [0.15, 0.2) is 5.01 Å². The minimum absolute atomic E-state index is 0.112. The van der Waals surface area contributed by atoms with E-state index < -0.39 is 0 Å². The van der Waals surface area contributed by atoms with Crippen LogP contribution in [-0.4, -0.2) is 50.2 Å². The monoisotopic (exact) mass is 548 g/mol. The van der Waals surface area contributed by atoms with Crippen molar-refractivity contribution in [2.75, 3.05) is 24.1 Å². The van der Waals surface area contributed by atoms with Crippen molar-refractivity contribution in [3.63, 3.8) is 0 Å². The fraction of sp³-hybridized carbons (Fsp3) is 0.167. The summed E-state index contributed by atoms with van der Waals surface area (Å²) >= 11 is 1.35. The number of rotatable bonds is 7. The molecule has 2 amide bonds. The van der Waals surface area contributed by atoms with Crippen LogP contribution < -0.4 is 16.4 Å². The molecule has 0 radical (unpaired) electrons. The lowest BCUT2D eigenvalue weighted by atomic mass is 9.97. The maximum atomic E-state index is 12.4. The van der Waals surface area contributed by atoms with Crippen molar-refractivity contribution in [1.29, 1.82) is 0 Å². The summed E-state index contributed by atoms with van der Waals surface area (Å²) in [4.78, 5) is 23.5. The van der Waals surface area contributed by atoms with Gasteiger partial charge in [-0.3, -0.25) is 14.9 Å². The van der Waals surface area contributed by atoms with E-state index in [0.29, 0.717) is 5.13 Å². The van der Waals surface area contributed by atoms with Crippen LogP contribution in [0.3, 0.4) is 0 Å². The summed E-state index contributed by atoms with van der Waals surface area (Å²) in [6.45, 7) is 2.56. The fourth-order valence-electron chi connectivity index (χ4n) is 4.91. The van der Waals surface area contributed by atoms with E-state index in [9.17, 15) is 4.79 Å². The third kappa shape index (κ3) is 5.98. The van der Waals surface area contributed by atoms with Crippen LogP contribution in [0.25, 0.3) is 33.0 Å². The predicted molar refractivity (Wildman–Crippen MR) is 158 cm³/mol. The average Bonchev–Trinajstić information content (AvgIpc) is 3.62. The zero-order valence-electron chi connectivity index (χ0n) is 21.7. The third-order valence-electron chi connectivity index (χ3n) is 6.84. The van der Waals surface area contributed by atoms with Gasteiger partial charge in [-0.1, -0.05) is 65.9 Å². The Morgan fingerprint density at radius 2 is 1.77 bits per heavy atom. The molecule has 3 aromatic heterocycles. The van der Waals surface area contributed by atoms with Gasteiger partial charge in [-0.2, -0.15) is 0 Å². The van der Waals surface area contributed by atoms with Crippen LogP contribution in [0.4, 0.5) is 15.6 Å². The van der Waals surface area contributed by atoms with Gasteiger partial charge in [-0.25, -0.2) is 4.79 Å². The molecule has 6 rings (SSSR count). The normalized spacial score (nSPS) is 15.2. The second kappa shape index (κ2) is 11.6. The van der Waals surface area contributed by atoms with Gasteiger partial charge in [-0.05, 0) is 35.7 Å². The van der Waals surface area contributed by atoms with E-state index in [1.165, 1.54) is 16.9 Å². The molecule has 10 heteroatoms. The standard InChI is InChI=1S/C30H28N8OS/c31-29-37-36-28(40-29)23-16-26(21-4-2-1-3-5-21)27(33-17-23)22-8-6-20(7-9-22)18-38-15-12-25(19-38)35-30(39)34-24-10-13-32-14-11-24/h1-11,13-14,16-17,25H,12,15,18-19H2,(H2,31,37)(H2,32,34,35,39). The highest BCUT2D eigenvalue weighted by molar-refractivity contribution is 7.18. The van der Waals surface area contributed by atoms with Crippen LogP contribution in [0.5, 0.6) is 0 Å². The van der Waals surface area contributed by atoms with Crippen molar-refractivity contribution < 1.29 is 4.79 Å². The van der Waals surface area contributed by atoms with Crippen molar-refractivity contribution in [2.45, 2.75) is 19.0 Å². The number of pyridine rings is 2. The first-order valence-corrected chi connectivity index (χ1v) is 13.9. The maximum Gasteiger partial charge on any atom is 0.319 e. The molecule has 1 fully saturated rings. The first-order valence-electron chi connectivity index (χ1n) is 13.0. The Kier molecular flexibility index (Phi) is 7.43. The Hall–Kier alpha value is -4.67. The number of nitrogens with one attached hydrogen (secondary N) is 2. The molecule has 0 spiro atoms. The lowest BCUT2D eigenvalue weighted by Gasteiger charge is -2.17. The molecule has 2 aromatic carbocycles. The Bertz CT molecular complexity index is 1590. The summed E-state index contributed by atoms with van der Waals surface area (Å²) in [7, 11) is 0. The van der Waals surface area contributed by atoms with Gasteiger partial charge in [0.05, 0.1) is 5.69 Å². The predicted octanol–water partition coefficient (Wildman–Crippen LogP) is 5.31. The molecule has 1 aliphatic rings. The first kappa shape index (κ1) is 25.6. The summed E-state index contributed by atoms with van der Waals surface area (Å²) in [5, 5.41) is 15.3. The number of aromatic nitrogens is 4. The van der Waals surface area contributed by atoms with Crippen LogP contribution in [0.2, 0.25) is 0 Å². The lowest BCUT2D eigenvalue weighted by Crippen LogP contribution is -2.39. The number of nitrogens with zero attached hydrogens (tertiary/aromatic N) is 5. The molecule has 0 saturated carbocycles. The van der Waals surface area contributed by atoms with Crippen molar-refractivity contribution in [3.05, 3.63) is 97.0 Å². The van der Waals surface area contributed by atoms with Crippen molar-refractivity contribution in [1.82, 2.24) is 30.4 Å². The average molecular weight is 549 g/mol. The van der Waals surface area contributed by atoms with E-state index in [1.54, 1.807) is 24.5 Å². The highest BCUT2D eigenvalue weighted by atomic mass is 32.1. The zero-order valence-corrected chi connectivity index (χ0v) is 22.5. The van der Waals surface area contributed by atoms with Crippen molar-refractivity contribution in [3.8, 4) is 33.0 Å².